The lowest BCUT2D eigenvalue weighted by molar-refractivity contribution is -0.123. The van der Waals surface area contributed by atoms with Gasteiger partial charge in [0.2, 0.25) is 5.82 Å². The molecule has 0 unspecified atom stereocenters. The minimum Gasteiger partial charge on any atom is -0.484 e. The van der Waals surface area contributed by atoms with Gasteiger partial charge in [0.05, 0.1) is 0 Å². The molecule has 0 aliphatic rings. The number of carbonyl (C=O) groups excluding carboxylic acids is 1. The maximum Gasteiger partial charge on any atom is 0.258 e. The van der Waals surface area contributed by atoms with Crippen molar-refractivity contribution in [3.63, 3.8) is 0 Å². The van der Waals surface area contributed by atoms with Crippen molar-refractivity contribution in [2.45, 2.75) is 13.8 Å². The van der Waals surface area contributed by atoms with Crippen molar-refractivity contribution >= 4 is 5.91 Å². The summed E-state index contributed by atoms with van der Waals surface area (Å²) < 4.78 is 10.8. The number of carbonyl (C=O) groups is 1. The molecule has 2 aromatic carbocycles. The molecule has 26 heavy (non-hydrogen) atoms. The molecule has 1 aromatic heterocycles. The maximum atomic E-state index is 11.7. The van der Waals surface area contributed by atoms with Gasteiger partial charge < -0.3 is 14.6 Å². The van der Waals surface area contributed by atoms with Gasteiger partial charge >= 0.3 is 0 Å². The summed E-state index contributed by atoms with van der Waals surface area (Å²) in [4.78, 5) is 16.1. The van der Waals surface area contributed by atoms with Crippen LogP contribution in [0.4, 0.5) is 0 Å². The van der Waals surface area contributed by atoms with Crippen LogP contribution in [0.25, 0.3) is 22.8 Å². The number of ether oxygens (including phenoxy) is 1. The van der Waals surface area contributed by atoms with Gasteiger partial charge in [-0.3, -0.25) is 4.79 Å². The normalized spacial score (nSPS) is 10.7. The van der Waals surface area contributed by atoms with Crippen LogP contribution in [0.3, 0.4) is 0 Å². The summed E-state index contributed by atoms with van der Waals surface area (Å²) in [5.74, 6) is 1.87. The van der Waals surface area contributed by atoms with E-state index in [1.165, 1.54) is 0 Å². The van der Waals surface area contributed by atoms with Crippen molar-refractivity contribution in [3.8, 4) is 28.6 Å². The van der Waals surface area contributed by atoms with E-state index in [9.17, 15) is 4.79 Å². The third-order valence-electron chi connectivity index (χ3n) is 3.64. The number of nitrogens with zero attached hydrogens (tertiary/aromatic N) is 2. The van der Waals surface area contributed by atoms with Crippen LogP contribution in [-0.2, 0) is 4.79 Å². The first-order valence-corrected chi connectivity index (χ1v) is 8.51. The fourth-order valence-corrected chi connectivity index (χ4v) is 2.26. The standard InChI is InChI=1S/C20H21N3O3/c1-14(2)12-21-18(24)13-25-17-10-8-16(9-11-17)20-22-19(23-26-20)15-6-4-3-5-7-15/h3-11,14H,12-13H2,1-2H3,(H,21,24). The first-order valence-electron chi connectivity index (χ1n) is 8.51. The molecular formula is C20H21N3O3. The molecule has 6 nitrogen and oxygen atoms in total. The Morgan fingerprint density at radius 2 is 1.81 bits per heavy atom. The number of rotatable bonds is 7. The lowest BCUT2D eigenvalue weighted by Crippen LogP contribution is -2.31. The van der Waals surface area contributed by atoms with E-state index in [1.54, 1.807) is 12.1 Å². The largest absolute Gasteiger partial charge is 0.484 e. The number of hydrogen-bond donors (Lipinski definition) is 1. The van der Waals surface area contributed by atoms with E-state index in [1.807, 2.05) is 56.3 Å². The van der Waals surface area contributed by atoms with E-state index in [0.717, 1.165) is 11.1 Å². The van der Waals surface area contributed by atoms with E-state index >= 15 is 0 Å². The molecule has 134 valence electrons. The second kappa shape index (κ2) is 8.29. The van der Waals surface area contributed by atoms with Crippen LogP contribution < -0.4 is 10.1 Å². The molecule has 1 amide bonds. The van der Waals surface area contributed by atoms with Gasteiger partial charge in [-0.2, -0.15) is 4.98 Å². The van der Waals surface area contributed by atoms with Crippen molar-refractivity contribution < 1.29 is 14.1 Å². The highest BCUT2D eigenvalue weighted by Crippen LogP contribution is 2.24. The average Bonchev–Trinajstić information content (AvgIpc) is 3.16. The molecule has 6 heteroatoms. The zero-order valence-corrected chi connectivity index (χ0v) is 14.8. The molecule has 3 rings (SSSR count). The van der Waals surface area contributed by atoms with Crippen LogP contribution >= 0.6 is 0 Å². The van der Waals surface area contributed by atoms with E-state index in [4.69, 9.17) is 9.26 Å². The Morgan fingerprint density at radius 3 is 2.50 bits per heavy atom. The molecule has 1 N–H and O–H groups in total. The molecular weight excluding hydrogens is 330 g/mol. The van der Waals surface area contributed by atoms with Crippen LogP contribution in [0.5, 0.6) is 5.75 Å². The lowest BCUT2D eigenvalue weighted by atomic mass is 10.2. The molecule has 3 aromatic rings. The number of aromatic nitrogens is 2. The summed E-state index contributed by atoms with van der Waals surface area (Å²) in [5, 5.41) is 6.82. The lowest BCUT2D eigenvalue weighted by Gasteiger charge is -2.09. The van der Waals surface area contributed by atoms with Gasteiger partial charge in [-0.05, 0) is 30.2 Å². The summed E-state index contributed by atoms with van der Waals surface area (Å²) >= 11 is 0. The first kappa shape index (κ1) is 17.7. The Labute approximate surface area is 152 Å². The summed E-state index contributed by atoms with van der Waals surface area (Å²) in [7, 11) is 0. The third-order valence-corrected chi connectivity index (χ3v) is 3.64. The number of amides is 1. The molecule has 0 radical (unpaired) electrons. The van der Waals surface area contributed by atoms with Gasteiger partial charge in [0.1, 0.15) is 5.75 Å². The van der Waals surface area contributed by atoms with Gasteiger partial charge in [0.15, 0.2) is 6.61 Å². The smallest absolute Gasteiger partial charge is 0.258 e. The van der Waals surface area contributed by atoms with Gasteiger partial charge in [0.25, 0.3) is 11.8 Å². The highest BCUT2D eigenvalue weighted by atomic mass is 16.5. The molecule has 0 aliphatic heterocycles. The van der Waals surface area contributed by atoms with E-state index in [0.29, 0.717) is 29.9 Å². The quantitative estimate of drug-likeness (QED) is 0.704. The maximum absolute atomic E-state index is 11.7. The Bertz CT molecular complexity index is 842. The Kier molecular flexibility index (Phi) is 5.63. The van der Waals surface area contributed by atoms with E-state index in [-0.39, 0.29) is 12.5 Å². The van der Waals surface area contributed by atoms with Crippen LogP contribution in [0, 0.1) is 5.92 Å². The first-order chi connectivity index (χ1) is 12.6. The van der Waals surface area contributed by atoms with E-state index < -0.39 is 0 Å². The zero-order chi connectivity index (χ0) is 18.4. The third kappa shape index (κ3) is 4.69. The number of hydrogen-bond acceptors (Lipinski definition) is 5. The van der Waals surface area contributed by atoms with Gasteiger partial charge in [0, 0.05) is 17.7 Å². The highest BCUT2D eigenvalue weighted by molar-refractivity contribution is 5.77. The van der Waals surface area contributed by atoms with Gasteiger partial charge in [-0.15, -0.1) is 0 Å². The summed E-state index contributed by atoms with van der Waals surface area (Å²) in [6.45, 7) is 4.72. The predicted molar refractivity (Wildman–Crippen MR) is 98.5 cm³/mol. The molecule has 0 spiro atoms. The van der Waals surface area contributed by atoms with Gasteiger partial charge in [-0.1, -0.05) is 49.3 Å². The Balaban J connectivity index is 1.60. The van der Waals surface area contributed by atoms with Crippen molar-refractivity contribution in [1.29, 1.82) is 0 Å². The zero-order valence-electron chi connectivity index (χ0n) is 14.8. The minimum atomic E-state index is -0.132. The molecule has 0 saturated carbocycles. The summed E-state index contributed by atoms with van der Waals surface area (Å²) in [6.07, 6.45) is 0. The average molecular weight is 351 g/mol. The topological polar surface area (TPSA) is 77.2 Å². The monoisotopic (exact) mass is 351 g/mol. The van der Waals surface area contributed by atoms with E-state index in [2.05, 4.69) is 15.5 Å². The second-order valence-corrected chi connectivity index (χ2v) is 6.30. The minimum absolute atomic E-state index is 0.00915. The molecule has 0 fully saturated rings. The highest BCUT2D eigenvalue weighted by Gasteiger charge is 2.10. The van der Waals surface area contributed by atoms with Crippen molar-refractivity contribution in [3.05, 3.63) is 54.6 Å². The SMILES string of the molecule is CC(C)CNC(=O)COc1ccc(-c2nc(-c3ccccc3)no2)cc1. The van der Waals surface area contributed by atoms with Crippen LogP contribution in [0.15, 0.2) is 59.1 Å². The van der Waals surface area contributed by atoms with Crippen molar-refractivity contribution in [2.75, 3.05) is 13.2 Å². The molecule has 0 atom stereocenters. The van der Waals surface area contributed by atoms with Crippen molar-refractivity contribution in [2.24, 2.45) is 5.92 Å². The van der Waals surface area contributed by atoms with Crippen LogP contribution in [0.1, 0.15) is 13.8 Å². The molecule has 0 saturated heterocycles. The predicted octanol–water partition coefficient (Wildman–Crippen LogP) is 3.55. The molecule has 1 heterocycles. The second-order valence-electron chi connectivity index (χ2n) is 6.30. The molecule has 0 aliphatic carbocycles. The van der Waals surface area contributed by atoms with Crippen molar-refractivity contribution in [1.82, 2.24) is 15.5 Å². The Morgan fingerprint density at radius 1 is 1.08 bits per heavy atom. The van der Waals surface area contributed by atoms with Crippen LogP contribution in [0.2, 0.25) is 0 Å². The summed E-state index contributed by atoms with van der Waals surface area (Å²) in [5.41, 5.74) is 1.69. The fourth-order valence-electron chi connectivity index (χ4n) is 2.26. The summed E-state index contributed by atoms with van der Waals surface area (Å²) in [6, 6.07) is 16.8. The Hall–Kier alpha value is -3.15. The van der Waals surface area contributed by atoms with Gasteiger partial charge in [-0.25, -0.2) is 0 Å². The van der Waals surface area contributed by atoms with Crippen LogP contribution in [-0.4, -0.2) is 29.2 Å². The fraction of sp³-hybridized carbons (Fsp3) is 0.250. The molecule has 0 bridgehead atoms. The number of nitrogens with one attached hydrogen (secondary N) is 1. The number of benzene rings is 2.